The first-order valence-electron chi connectivity index (χ1n) is 4.59. The highest BCUT2D eigenvalue weighted by Gasteiger charge is 2.10. The third-order valence-electron chi connectivity index (χ3n) is 1.71. The molecule has 0 spiro atoms. The first-order chi connectivity index (χ1) is 7.24. The van der Waals surface area contributed by atoms with Gasteiger partial charge in [-0.25, -0.2) is 0 Å². The van der Waals surface area contributed by atoms with E-state index in [1.807, 2.05) is 6.07 Å². The highest BCUT2D eigenvalue weighted by atomic mass is 16.1. The number of nitrogens with zero attached hydrogens (tertiary/aromatic N) is 4. The van der Waals surface area contributed by atoms with Gasteiger partial charge < -0.3 is 10.6 Å². The Morgan fingerprint density at radius 3 is 3.00 bits per heavy atom. The Morgan fingerprint density at radius 2 is 2.47 bits per heavy atom. The molecule has 1 unspecified atom stereocenters. The van der Waals surface area contributed by atoms with Crippen LogP contribution in [0.1, 0.15) is 12.8 Å². The molecule has 0 aromatic heterocycles. The lowest BCUT2D eigenvalue weighted by Crippen LogP contribution is -2.34. The molecule has 0 saturated carbocycles. The number of nitrogens with one attached hydrogen (secondary N) is 2. The SMILES string of the molecule is CNC(=O)CC(C#N)NCCCN=[N+]=[N-]. The van der Waals surface area contributed by atoms with Crippen molar-refractivity contribution in [3.63, 3.8) is 0 Å². The predicted octanol–water partition coefficient (Wildman–Crippen LogP) is 0.305. The van der Waals surface area contributed by atoms with Crippen LogP contribution in [0.15, 0.2) is 5.11 Å². The van der Waals surface area contributed by atoms with Gasteiger partial charge in [-0.2, -0.15) is 5.26 Å². The van der Waals surface area contributed by atoms with E-state index in [0.717, 1.165) is 0 Å². The number of hydrogen-bond donors (Lipinski definition) is 2. The number of carbonyl (C=O) groups is 1. The van der Waals surface area contributed by atoms with Crippen molar-refractivity contribution in [1.82, 2.24) is 10.6 Å². The highest BCUT2D eigenvalue weighted by molar-refractivity contribution is 5.76. The average molecular weight is 210 g/mol. The lowest BCUT2D eigenvalue weighted by molar-refractivity contribution is -0.120. The summed E-state index contributed by atoms with van der Waals surface area (Å²) in [7, 11) is 1.53. The van der Waals surface area contributed by atoms with E-state index < -0.39 is 6.04 Å². The number of carbonyl (C=O) groups excluding carboxylic acids is 1. The Balaban J connectivity index is 3.67. The highest BCUT2D eigenvalue weighted by Crippen LogP contribution is 1.91. The molecule has 1 atom stereocenters. The van der Waals surface area contributed by atoms with E-state index >= 15 is 0 Å². The van der Waals surface area contributed by atoms with E-state index in [9.17, 15) is 4.79 Å². The molecule has 0 aliphatic heterocycles. The smallest absolute Gasteiger partial charge is 0.222 e. The van der Waals surface area contributed by atoms with Crippen LogP contribution >= 0.6 is 0 Å². The van der Waals surface area contributed by atoms with Crippen LogP contribution in [-0.4, -0.2) is 32.1 Å². The van der Waals surface area contributed by atoms with Crippen LogP contribution in [-0.2, 0) is 4.79 Å². The Hall–Kier alpha value is -1.77. The zero-order valence-electron chi connectivity index (χ0n) is 8.60. The van der Waals surface area contributed by atoms with Crippen LogP contribution in [0.3, 0.4) is 0 Å². The molecule has 15 heavy (non-hydrogen) atoms. The van der Waals surface area contributed by atoms with Crippen molar-refractivity contribution >= 4 is 5.91 Å². The van der Waals surface area contributed by atoms with Gasteiger partial charge in [0, 0.05) is 18.5 Å². The molecule has 0 rings (SSSR count). The molecule has 0 aromatic carbocycles. The van der Waals surface area contributed by atoms with Crippen LogP contribution in [0.2, 0.25) is 0 Å². The Morgan fingerprint density at radius 1 is 1.73 bits per heavy atom. The van der Waals surface area contributed by atoms with Crippen molar-refractivity contribution in [3.8, 4) is 6.07 Å². The van der Waals surface area contributed by atoms with Gasteiger partial charge in [0.25, 0.3) is 0 Å². The van der Waals surface area contributed by atoms with Crippen molar-refractivity contribution in [2.24, 2.45) is 5.11 Å². The Bertz CT molecular complexity index is 277. The first-order valence-corrected chi connectivity index (χ1v) is 4.59. The minimum Gasteiger partial charge on any atom is -0.359 e. The second-order valence-corrected chi connectivity index (χ2v) is 2.82. The molecule has 0 heterocycles. The van der Waals surface area contributed by atoms with Crippen LogP contribution < -0.4 is 10.6 Å². The third kappa shape index (κ3) is 7.31. The van der Waals surface area contributed by atoms with Gasteiger partial charge in [0.05, 0.1) is 12.5 Å². The second-order valence-electron chi connectivity index (χ2n) is 2.82. The van der Waals surface area contributed by atoms with Gasteiger partial charge in [0.1, 0.15) is 6.04 Å². The number of amides is 1. The molecule has 0 saturated heterocycles. The summed E-state index contributed by atoms with van der Waals surface area (Å²) < 4.78 is 0. The number of hydrogen-bond acceptors (Lipinski definition) is 4. The molecule has 0 aliphatic rings. The summed E-state index contributed by atoms with van der Waals surface area (Å²) >= 11 is 0. The first kappa shape index (κ1) is 13.2. The summed E-state index contributed by atoms with van der Waals surface area (Å²) in [6, 6.07) is 1.49. The lowest BCUT2D eigenvalue weighted by atomic mass is 10.2. The molecule has 0 bridgehead atoms. The molecule has 7 heteroatoms. The topological polar surface area (TPSA) is 114 Å². The molecule has 2 N–H and O–H groups in total. The maximum Gasteiger partial charge on any atom is 0.222 e. The molecule has 82 valence electrons. The number of azide groups is 1. The van der Waals surface area contributed by atoms with Gasteiger partial charge in [-0.1, -0.05) is 5.11 Å². The van der Waals surface area contributed by atoms with E-state index in [1.165, 1.54) is 7.05 Å². The van der Waals surface area contributed by atoms with Crippen LogP contribution in [0.5, 0.6) is 0 Å². The fourth-order valence-corrected chi connectivity index (χ4v) is 0.922. The monoisotopic (exact) mass is 210 g/mol. The maximum atomic E-state index is 10.9. The summed E-state index contributed by atoms with van der Waals surface area (Å²) in [6.45, 7) is 0.940. The van der Waals surface area contributed by atoms with E-state index in [4.69, 9.17) is 10.8 Å². The summed E-state index contributed by atoms with van der Waals surface area (Å²) in [5.41, 5.74) is 8.00. The number of nitriles is 1. The molecule has 0 aliphatic carbocycles. The fourth-order valence-electron chi connectivity index (χ4n) is 0.922. The lowest BCUT2D eigenvalue weighted by Gasteiger charge is -2.09. The normalized spacial score (nSPS) is 10.9. The van der Waals surface area contributed by atoms with Gasteiger partial charge in [-0.3, -0.25) is 4.79 Å². The summed E-state index contributed by atoms with van der Waals surface area (Å²) in [4.78, 5) is 13.5. The standard InChI is InChI=1S/C8H14N6O/c1-11-8(15)5-7(6-9)12-3-2-4-13-14-10/h7,12H,2-5H2,1H3,(H,11,15). The van der Waals surface area contributed by atoms with Gasteiger partial charge in [-0.05, 0) is 18.5 Å². The second kappa shape index (κ2) is 8.81. The summed E-state index contributed by atoms with van der Waals surface area (Å²) in [6.07, 6.45) is 0.782. The maximum absolute atomic E-state index is 10.9. The van der Waals surface area contributed by atoms with E-state index in [2.05, 4.69) is 20.7 Å². The van der Waals surface area contributed by atoms with Gasteiger partial charge in [-0.15, -0.1) is 0 Å². The van der Waals surface area contributed by atoms with E-state index in [-0.39, 0.29) is 12.3 Å². The van der Waals surface area contributed by atoms with Crippen LogP contribution in [0, 0.1) is 11.3 Å². The summed E-state index contributed by atoms with van der Waals surface area (Å²) in [5, 5.41) is 17.4. The zero-order chi connectivity index (χ0) is 11.5. The zero-order valence-corrected chi connectivity index (χ0v) is 8.60. The van der Waals surface area contributed by atoms with Crippen molar-refractivity contribution in [3.05, 3.63) is 10.4 Å². The Labute approximate surface area is 88.1 Å². The van der Waals surface area contributed by atoms with Crippen LogP contribution in [0.25, 0.3) is 10.4 Å². The molecular weight excluding hydrogens is 196 g/mol. The molecular formula is C8H14N6O. The average Bonchev–Trinajstić information content (AvgIpc) is 2.26. The number of rotatable bonds is 7. The fraction of sp³-hybridized carbons (Fsp3) is 0.750. The Kier molecular flexibility index (Phi) is 7.77. The molecule has 0 fully saturated rings. The minimum atomic E-state index is -0.490. The van der Waals surface area contributed by atoms with Crippen molar-refractivity contribution in [2.45, 2.75) is 18.9 Å². The van der Waals surface area contributed by atoms with Crippen molar-refractivity contribution < 1.29 is 4.79 Å². The largest absolute Gasteiger partial charge is 0.359 e. The van der Waals surface area contributed by atoms with E-state index in [0.29, 0.717) is 19.5 Å². The molecule has 7 nitrogen and oxygen atoms in total. The van der Waals surface area contributed by atoms with Gasteiger partial charge in [0.15, 0.2) is 0 Å². The van der Waals surface area contributed by atoms with Gasteiger partial charge >= 0.3 is 0 Å². The predicted molar refractivity (Wildman–Crippen MR) is 54.7 cm³/mol. The van der Waals surface area contributed by atoms with Crippen molar-refractivity contribution in [1.29, 1.82) is 5.26 Å². The van der Waals surface area contributed by atoms with Crippen LogP contribution in [0.4, 0.5) is 0 Å². The van der Waals surface area contributed by atoms with E-state index in [1.54, 1.807) is 0 Å². The quantitative estimate of drug-likeness (QED) is 0.272. The van der Waals surface area contributed by atoms with Crippen molar-refractivity contribution in [2.75, 3.05) is 20.1 Å². The third-order valence-corrected chi connectivity index (χ3v) is 1.71. The molecule has 0 radical (unpaired) electrons. The molecule has 1 amide bonds. The molecule has 0 aromatic rings. The summed E-state index contributed by atoms with van der Waals surface area (Å²) in [5.74, 6) is -0.177. The minimum absolute atomic E-state index is 0.133. The van der Waals surface area contributed by atoms with Gasteiger partial charge in [0.2, 0.25) is 5.91 Å².